The van der Waals surface area contributed by atoms with Crippen LogP contribution in [0.1, 0.15) is 5.56 Å². The fourth-order valence-corrected chi connectivity index (χ4v) is 1.91. The fourth-order valence-electron chi connectivity index (χ4n) is 1.23. The van der Waals surface area contributed by atoms with Gasteiger partial charge in [0, 0.05) is 12.4 Å². The Morgan fingerprint density at radius 1 is 1.48 bits per heavy atom. The van der Waals surface area contributed by atoms with Gasteiger partial charge in [0.05, 0.1) is 7.11 Å². The minimum Gasteiger partial charge on any atom is -0.509 e. The molecule has 115 valence electrons. The van der Waals surface area contributed by atoms with Crippen molar-refractivity contribution >= 4 is 18.2 Å². The SMILES string of the molecule is C=CCSC(/N=C/OC)=C(/C=C)OC[c-]1c[c-]cc1.[CH3-].[Fe+3]. The predicted octanol–water partition coefficient (Wildman–Crippen LogP) is 4.12. The molecule has 0 saturated carbocycles. The second-order valence-electron chi connectivity index (χ2n) is 3.45. The Kier molecular flexibility index (Phi) is 14.3. The van der Waals surface area contributed by atoms with Crippen molar-refractivity contribution in [1.82, 2.24) is 0 Å². The summed E-state index contributed by atoms with van der Waals surface area (Å²) >= 11 is 1.51. The van der Waals surface area contributed by atoms with E-state index in [0.717, 1.165) is 11.3 Å². The van der Waals surface area contributed by atoms with E-state index < -0.39 is 0 Å². The van der Waals surface area contributed by atoms with Gasteiger partial charge in [0.15, 0.2) is 6.40 Å². The molecule has 0 fully saturated rings. The zero-order valence-corrected chi connectivity index (χ0v) is 14.2. The molecule has 0 atom stereocenters. The molecule has 3 nitrogen and oxygen atoms in total. The Balaban J connectivity index is 0. The summed E-state index contributed by atoms with van der Waals surface area (Å²) in [7, 11) is 1.55. The number of nitrogens with zero attached hydrogens (tertiary/aromatic N) is 1. The van der Waals surface area contributed by atoms with Crippen LogP contribution in [0.5, 0.6) is 0 Å². The molecule has 0 N–H and O–H groups in total. The average molecular weight is 346 g/mol. The van der Waals surface area contributed by atoms with Crippen molar-refractivity contribution in [3.63, 3.8) is 0 Å². The molecular formula is C16H20FeNO2S. The number of ether oxygens (including phenoxy) is 2. The number of hydrogen-bond acceptors (Lipinski definition) is 4. The summed E-state index contributed by atoms with van der Waals surface area (Å²) in [5.74, 6) is 1.36. The van der Waals surface area contributed by atoms with E-state index in [2.05, 4.69) is 24.2 Å². The standard InChI is InChI=1S/C15H17NO2S.CH3.Fe/c1-4-10-19-15(16-12-17-3)14(5-2)18-11-13-8-6-7-9-13;;/h4-6,8-9,12H,1-2,10-11H2,3H3;1H3;/q-2;-1;+3/b15-14-,16-12+;;. The largest absolute Gasteiger partial charge is 3.00 e. The van der Waals surface area contributed by atoms with E-state index >= 15 is 0 Å². The number of methoxy groups -OCH3 is 1. The molecule has 1 aromatic carbocycles. The molecule has 0 bridgehead atoms. The summed E-state index contributed by atoms with van der Waals surface area (Å²) in [6.45, 7) is 7.90. The summed E-state index contributed by atoms with van der Waals surface area (Å²) in [4.78, 5) is 4.19. The first-order valence-electron chi connectivity index (χ1n) is 5.72. The smallest absolute Gasteiger partial charge is 0.509 e. The first kappa shape index (κ1) is 22.0. The second-order valence-corrected chi connectivity index (χ2v) is 4.46. The van der Waals surface area contributed by atoms with Crippen LogP contribution in [0.4, 0.5) is 0 Å². The summed E-state index contributed by atoms with van der Waals surface area (Å²) in [6, 6.07) is 8.67. The molecule has 1 rings (SSSR count). The first-order chi connectivity index (χ1) is 9.31. The molecule has 1 radical (unpaired) electrons. The molecule has 5 heteroatoms. The van der Waals surface area contributed by atoms with Crippen LogP contribution in [0.3, 0.4) is 0 Å². The van der Waals surface area contributed by atoms with Crippen LogP contribution < -0.4 is 0 Å². The fraction of sp³-hybridized carbons (Fsp3) is 0.188. The number of rotatable bonds is 9. The van der Waals surface area contributed by atoms with E-state index in [1.807, 2.05) is 18.2 Å². The predicted molar refractivity (Wildman–Crippen MR) is 87.5 cm³/mol. The minimum absolute atomic E-state index is 0. The summed E-state index contributed by atoms with van der Waals surface area (Å²) in [6.07, 6.45) is 4.82. The van der Waals surface area contributed by atoms with Crippen molar-refractivity contribution in [2.24, 2.45) is 4.99 Å². The minimum atomic E-state index is 0. The molecule has 0 unspecified atom stereocenters. The summed E-state index contributed by atoms with van der Waals surface area (Å²) < 4.78 is 10.5. The molecule has 0 aliphatic rings. The Morgan fingerprint density at radius 2 is 2.24 bits per heavy atom. The van der Waals surface area contributed by atoms with E-state index in [1.165, 1.54) is 18.2 Å². The van der Waals surface area contributed by atoms with Gasteiger partial charge in [-0.25, -0.2) is 10.6 Å². The molecule has 0 amide bonds. The maximum Gasteiger partial charge on any atom is 3.00 e. The van der Waals surface area contributed by atoms with Gasteiger partial charge in [-0.1, -0.05) is 24.4 Å². The van der Waals surface area contributed by atoms with Gasteiger partial charge in [-0.15, -0.1) is 6.58 Å². The Hall–Kier alpha value is -1.29. The number of aliphatic imine (C=N–C) groups is 1. The average Bonchev–Trinajstić information content (AvgIpc) is 2.94. The third-order valence-corrected chi connectivity index (χ3v) is 3.05. The van der Waals surface area contributed by atoms with Crippen LogP contribution in [0.15, 0.2) is 59.3 Å². The van der Waals surface area contributed by atoms with Crippen molar-refractivity contribution in [3.8, 4) is 0 Å². The molecule has 0 heterocycles. The summed E-state index contributed by atoms with van der Waals surface area (Å²) in [5, 5.41) is 0.715. The number of allylic oxidation sites excluding steroid dienone is 1. The quantitative estimate of drug-likeness (QED) is 0.128. The van der Waals surface area contributed by atoms with E-state index in [0.29, 0.717) is 17.4 Å². The van der Waals surface area contributed by atoms with Gasteiger partial charge < -0.3 is 35.1 Å². The maximum absolute atomic E-state index is 5.71. The molecule has 21 heavy (non-hydrogen) atoms. The van der Waals surface area contributed by atoms with Crippen molar-refractivity contribution in [2.45, 2.75) is 6.61 Å². The van der Waals surface area contributed by atoms with Crippen molar-refractivity contribution < 1.29 is 26.5 Å². The number of hydrogen-bond donors (Lipinski definition) is 0. The molecular weight excluding hydrogens is 326 g/mol. The Labute approximate surface area is 142 Å². The van der Waals surface area contributed by atoms with Crippen molar-refractivity contribution in [2.75, 3.05) is 12.9 Å². The van der Waals surface area contributed by atoms with Crippen LogP contribution in [-0.2, 0) is 33.1 Å². The van der Waals surface area contributed by atoms with Crippen molar-refractivity contribution in [3.05, 3.63) is 73.4 Å². The van der Waals surface area contributed by atoms with Crippen molar-refractivity contribution in [1.29, 1.82) is 0 Å². The molecule has 0 aromatic heterocycles. The Morgan fingerprint density at radius 3 is 2.76 bits per heavy atom. The normalized spacial score (nSPS) is 10.9. The first-order valence-corrected chi connectivity index (χ1v) is 6.70. The van der Waals surface area contributed by atoms with Crippen LogP contribution in [0.25, 0.3) is 0 Å². The third kappa shape index (κ3) is 8.56. The van der Waals surface area contributed by atoms with Gasteiger partial charge in [-0.05, 0) is 6.08 Å². The van der Waals surface area contributed by atoms with Gasteiger partial charge in [-0.3, -0.25) is 6.07 Å². The van der Waals surface area contributed by atoms with E-state index in [-0.39, 0.29) is 24.5 Å². The van der Waals surface area contributed by atoms with Crippen LogP contribution >= 0.6 is 11.8 Å². The topological polar surface area (TPSA) is 30.8 Å². The molecule has 1 aromatic rings. The van der Waals surface area contributed by atoms with Gasteiger partial charge in [0.1, 0.15) is 10.8 Å². The van der Waals surface area contributed by atoms with Gasteiger partial charge in [-0.2, -0.15) is 0 Å². The van der Waals surface area contributed by atoms with Gasteiger partial charge in [0.2, 0.25) is 0 Å². The monoisotopic (exact) mass is 346 g/mol. The molecule has 0 aliphatic heterocycles. The zero-order valence-electron chi connectivity index (χ0n) is 12.3. The third-order valence-electron chi connectivity index (χ3n) is 2.07. The second kappa shape index (κ2) is 13.7. The van der Waals surface area contributed by atoms with Crippen LogP contribution in [0.2, 0.25) is 0 Å². The van der Waals surface area contributed by atoms with Gasteiger partial charge in [0.25, 0.3) is 0 Å². The van der Waals surface area contributed by atoms with E-state index in [4.69, 9.17) is 9.47 Å². The molecule has 0 spiro atoms. The van der Waals surface area contributed by atoms with Gasteiger partial charge >= 0.3 is 17.1 Å². The molecule has 0 saturated heterocycles. The zero-order chi connectivity index (χ0) is 13.9. The number of thioether (sulfide) groups is 1. The van der Waals surface area contributed by atoms with E-state index in [9.17, 15) is 0 Å². The van der Waals surface area contributed by atoms with E-state index in [1.54, 1.807) is 19.3 Å². The summed E-state index contributed by atoms with van der Waals surface area (Å²) in [5.41, 5.74) is 1.06. The van der Waals surface area contributed by atoms with Crippen LogP contribution in [0, 0.1) is 13.5 Å². The molecule has 0 aliphatic carbocycles. The van der Waals surface area contributed by atoms with Crippen LogP contribution in [-0.4, -0.2) is 19.3 Å². The Bertz CT molecular complexity index is 453. The maximum atomic E-state index is 5.71.